The molecule has 3 aliphatic rings. The Labute approximate surface area is 164 Å². The highest BCUT2D eigenvalue weighted by molar-refractivity contribution is 5.77. The lowest BCUT2D eigenvalue weighted by molar-refractivity contribution is -0.130. The second-order valence-electron chi connectivity index (χ2n) is 8.51. The van der Waals surface area contributed by atoms with Crippen molar-refractivity contribution in [2.24, 2.45) is 5.41 Å². The number of aromatic nitrogens is 2. The molecule has 1 aliphatic carbocycles. The molecule has 1 saturated heterocycles. The van der Waals surface area contributed by atoms with Crippen LogP contribution in [0.25, 0.3) is 0 Å². The second-order valence-corrected chi connectivity index (χ2v) is 8.51. The summed E-state index contributed by atoms with van der Waals surface area (Å²) in [6, 6.07) is 8.00. The van der Waals surface area contributed by atoms with Crippen LogP contribution in [0.5, 0.6) is 5.75 Å². The molecule has 2 N–H and O–H groups in total. The molecule has 0 unspecified atom stereocenters. The zero-order valence-corrected chi connectivity index (χ0v) is 16.1. The topological polar surface area (TPSA) is 78.5 Å². The predicted molar refractivity (Wildman–Crippen MR) is 104 cm³/mol. The fourth-order valence-electron chi connectivity index (χ4n) is 5.20. The van der Waals surface area contributed by atoms with Crippen LogP contribution in [0.15, 0.2) is 24.3 Å². The van der Waals surface area contributed by atoms with Gasteiger partial charge in [-0.3, -0.25) is 9.89 Å². The number of ether oxygens (including phenoxy) is 1. The third-order valence-corrected chi connectivity index (χ3v) is 6.84. The Kier molecular flexibility index (Phi) is 4.38. The van der Waals surface area contributed by atoms with Crippen LogP contribution in [-0.4, -0.2) is 52.4 Å². The number of rotatable bonds is 4. The SMILES string of the molecule is O=C(CCc1n[nH]c2c1CCCC2)N1C[C@H]2c3ccccc3OC[C@@]2(CO)C1. The molecule has 2 aliphatic heterocycles. The number of amides is 1. The summed E-state index contributed by atoms with van der Waals surface area (Å²) in [4.78, 5) is 14.9. The van der Waals surface area contributed by atoms with E-state index in [2.05, 4.69) is 16.3 Å². The first-order valence-electron chi connectivity index (χ1n) is 10.4. The fraction of sp³-hybridized carbons (Fsp3) is 0.545. The third kappa shape index (κ3) is 2.82. The lowest BCUT2D eigenvalue weighted by atomic mass is 9.74. The highest BCUT2D eigenvalue weighted by atomic mass is 16.5. The first kappa shape index (κ1) is 17.7. The zero-order chi connectivity index (χ0) is 19.1. The zero-order valence-electron chi connectivity index (χ0n) is 16.1. The van der Waals surface area contributed by atoms with Crippen molar-refractivity contribution in [1.82, 2.24) is 15.1 Å². The average Bonchev–Trinajstić information content (AvgIpc) is 3.34. The van der Waals surface area contributed by atoms with Gasteiger partial charge in [0.2, 0.25) is 5.91 Å². The van der Waals surface area contributed by atoms with E-state index in [0.717, 1.165) is 29.8 Å². The molecule has 0 radical (unpaired) electrons. The Morgan fingerprint density at radius 2 is 2.18 bits per heavy atom. The largest absolute Gasteiger partial charge is 0.493 e. The number of H-pyrrole nitrogens is 1. The molecule has 0 saturated carbocycles. The molecule has 5 rings (SSSR count). The van der Waals surface area contributed by atoms with Crippen molar-refractivity contribution in [2.75, 3.05) is 26.3 Å². The second kappa shape index (κ2) is 6.92. The normalized spacial score (nSPS) is 25.6. The number of carbonyl (C=O) groups is 1. The van der Waals surface area contributed by atoms with Crippen LogP contribution in [0.4, 0.5) is 0 Å². The van der Waals surface area contributed by atoms with Crippen molar-refractivity contribution in [3.8, 4) is 5.75 Å². The minimum Gasteiger partial charge on any atom is -0.493 e. The van der Waals surface area contributed by atoms with Gasteiger partial charge in [0.25, 0.3) is 0 Å². The highest BCUT2D eigenvalue weighted by Crippen LogP contribution is 2.49. The number of aromatic amines is 1. The number of carbonyl (C=O) groups excluding carboxylic acids is 1. The number of likely N-dealkylation sites (tertiary alicyclic amines) is 1. The van der Waals surface area contributed by atoms with Gasteiger partial charge in [0.1, 0.15) is 5.75 Å². The van der Waals surface area contributed by atoms with Crippen LogP contribution < -0.4 is 4.74 Å². The first-order chi connectivity index (χ1) is 13.7. The van der Waals surface area contributed by atoms with E-state index >= 15 is 0 Å². The molecule has 1 aromatic heterocycles. The number of para-hydroxylation sites is 1. The van der Waals surface area contributed by atoms with Gasteiger partial charge in [0.05, 0.1) is 24.3 Å². The highest BCUT2D eigenvalue weighted by Gasteiger charge is 2.51. The molecule has 2 atom stereocenters. The van der Waals surface area contributed by atoms with Gasteiger partial charge in [-0.1, -0.05) is 18.2 Å². The Morgan fingerprint density at radius 3 is 3.07 bits per heavy atom. The monoisotopic (exact) mass is 381 g/mol. The van der Waals surface area contributed by atoms with Crippen LogP contribution in [-0.2, 0) is 24.1 Å². The smallest absolute Gasteiger partial charge is 0.223 e. The van der Waals surface area contributed by atoms with Gasteiger partial charge in [-0.25, -0.2) is 0 Å². The molecular formula is C22H27N3O3. The molecule has 0 bridgehead atoms. The van der Waals surface area contributed by atoms with Gasteiger partial charge in [-0.2, -0.15) is 5.10 Å². The number of aryl methyl sites for hydroxylation is 2. The van der Waals surface area contributed by atoms with Gasteiger partial charge in [-0.15, -0.1) is 0 Å². The number of hydrogen-bond acceptors (Lipinski definition) is 4. The minimum atomic E-state index is -0.393. The summed E-state index contributed by atoms with van der Waals surface area (Å²) in [7, 11) is 0. The number of hydrogen-bond donors (Lipinski definition) is 2. The number of aliphatic hydroxyl groups excluding tert-OH is 1. The number of benzene rings is 1. The van der Waals surface area contributed by atoms with Crippen LogP contribution in [0.2, 0.25) is 0 Å². The van der Waals surface area contributed by atoms with Gasteiger partial charge in [0, 0.05) is 37.5 Å². The van der Waals surface area contributed by atoms with Gasteiger partial charge < -0.3 is 14.7 Å². The fourth-order valence-corrected chi connectivity index (χ4v) is 5.20. The molecule has 1 amide bonds. The summed E-state index contributed by atoms with van der Waals surface area (Å²) >= 11 is 0. The number of nitrogens with one attached hydrogen (secondary N) is 1. The van der Waals surface area contributed by atoms with Crippen LogP contribution >= 0.6 is 0 Å². The van der Waals surface area contributed by atoms with Gasteiger partial charge >= 0.3 is 0 Å². The molecule has 1 fully saturated rings. The van der Waals surface area contributed by atoms with Crippen molar-refractivity contribution < 1.29 is 14.6 Å². The van der Waals surface area contributed by atoms with E-state index in [1.165, 1.54) is 24.1 Å². The molecule has 1 aromatic carbocycles. The van der Waals surface area contributed by atoms with Crippen LogP contribution in [0.3, 0.4) is 0 Å². The van der Waals surface area contributed by atoms with Crippen molar-refractivity contribution in [2.45, 2.75) is 44.4 Å². The number of aliphatic hydroxyl groups is 1. The Bertz CT molecular complexity index is 893. The van der Waals surface area contributed by atoms with E-state index in [1.54, 1.807) is 0 Å². The van der Waals surface area contributed by atoms with E-state index in [0.29, 0.717) is 32.5 Å². The first-order valence-corrected chi connectivity index (χ1v) is 10.4. The average molecular weight is 381 g/mol. The van der Waals surface area contributed by atoms with E-state index in [9.17, 15) is 9.90 Å². The summed E-state index contributed by atoms with van der Waals surface area (Å²) < 4.78 is 5.93. The molecule has 148 valence electrons. The van der Waals surface area contributed by atoms with E-state index in [4.69, 9.17) is 4.74 Å². The molecule has 6 nitrogen and oxygen atoms in total. The van der Waals surface area contributed by atoms with E-state index in [-0.39, 0.29) is 18.4 Å². The van der Waals surface area contributed by atoms with E-state index in [1.807, 2.05) is 23.1 Å². The van der Waals surface area contributed by atoms with Crippen molar-refractivity contribution >= 4 is 5.91 Å². The maximum Gasteiger partial charge on any atom is 0.223 e. The number of fused-ring (bicyclic) bond motifs is 4. The van der Waals surface area contributed by atoms with Crippen LogP contribution in [0, 0.1) is 5.41 Å². The molecule has 28 heavy (non-hydrogen) atoms. The lowest BCUT2D eigenvalue weighted by Crippen LogP contribution is -2.42. The molecule has 2 aromatic rings. The van der Waals surface area contributed by atoms with Crippen molar-refractivity contribution in [3.63, 3.8) is 0 Å². The van der Waals surface area contributed by atoms with Gasteiger partial charge in [0.15, 0.2) is 0 Å². The summed E-state index contributed by atoms with van der Waals surface area (Å²) in [5, 5.41) is 17.8. The third-order valence-electron chi connectivity index (χ3n) is 6.84. The number of nitrogens with zero attached hydrogens (tertiary/aromatic N) is 2. The standard InChI is InChI=1S/C22H27N3O3/c26-13-22-12-25(11-17(22)15-5-2-4-8-20(15)28-14-22)21(27)10-9-19-16-6-1-3-7-18(16)23-24-19/h2,4-5,8,17,26H,1,3,6-7,9-14H2,(H,23,24)/t17-,22-/m0/s1. The maximum absolute atomic E-state index is 13.0. The van der Waals surface area contributed by atoms with Crippen molar-refractivity contribution in [1.29, 1.82) is 0 Å². The molecule has 0 spiro atoms. The summed E-state index contributed by atoms with van der Waals surface area (Å²) in [5.74, 6) is 1.16. The molecule has 6 heteroatoms. The summed E-state index contributed by atoms with van der Waals surface area (Å²) in [5.41, 5.74) is 4.37. The lowest BCUT2D eigenvalue weighted by Gasteiger charge is -2.37. The minimum absolute atomic E-state index is 0.0304. The summed E-state index contributed by atoms with van der Waals surface area (Å²) in [6.07, 6.45) is 5.72. The van der Waals surface area contributed by atoms with Gasteiger partial charge in [-0.05, 0) is 42.9 Å². The maximum atomic E-state index is 13.0. The van der Waals surface area contributed by atoms with Crippen LogP contribution in [0.1, 0.15) is 47.7 Å². The van der Waals surface area contributed by atoms with E-state index < -0.39 is 5.41 Å². The molecule has 3 heterocycles. The quantitative estimate of drug-likeness (QED) is 0.851. The predicted octanol–water partition coefficient (Wildman–Crippen LogP) is 2.22. The molecular weight excluding hydrogens is 354 g/mol. The Hall–Kier alpha value is -2.34. The van der Waals surface area contributed by atoms with Crippen molar-refractivity contribution in [3.05, 3.63) is 46.8 Å². The Balaban J connectivity index is 1.30. The summed E-state index contributed by atoms with van der Waals surface area (Å²) in [6.45, 7) is 1.70. The Morgan fingerprint density at radius 1 is 1.32 bits per heavy atom.